The topological polar surface area (TPSA) is 104 Å². The van der Waals surface area contributed by atoms with Gasteiger partial charge < -0.3 is 20.3 Å². The van der Waals surface area contributed by atoms with Crippen LogP contribution in [0.3, 0.4) is 0 Å². The van der Waals surface area contributed by atoms with Crippen LogP contribution in [0.2, 0.25) is 0 Å². The predicted molar refractivity (Wildman–Crippen MR) is 74.6 cm³/mol. The van der Waals surface area contributed by atoms with E-state index >= 15 is 0 Å². The van der Waals surface area contributed by atoms with Crippen LogP contribution in [0.15, 0.2) is 10.6 Å². The Morgan fingerprint density at radius 3 is 2.81 bits per heavy atom. The van der Waals surface area contributed by atoms with Gasteiger partial charge in [0.1, 0.15) is 11.5 Å². The van der Waals surface area contributed by atoms with E-state index in [0.717, 1.165) is 19.3 Å². The van der Waals surface area contributed by atoms with Crippen LogP contribution >= 0.6 is 0 Å². The number of urea groups is 1. The van der Waals surface area contributed by atoms with E-state index in [1.807, 2.05) is 0 Å². The number of nitrogens with one attached hydrogen (secondary N) is 2. The normalized spacial score (nSPS) is 21.8. The molecule has 1 aliphatic rings. The summed E-state index contributed by atoms with van der Waals surface area (Å²) in [6.45, 7) is 2.46. The Morgan fingerprint density at radius 2 is 2.14 bits per heavy atom. The zero-order valence-electron chi connectivity index (χ0n) is 12.1. The molecule has 0 radical (unpaired) electrons. The number of amides is 2. The monoisotopic (exact) mass is 295 g/mol. The van der Waals surface area contributed by atoms with Gasteiger partial charge in [0.25, 0.3) is 0 Å². The van der Waals surface area contributed by atoms with E-state index in [0.29, 0.717) is 24.4 Å². The average molecular weight is 295 g/mol. The summed E-state index contributed by atoms with van der Waals surface area (Å²) in [5.41, 5.74) is 0.656. The van der Waals surface area contributed by atoms with Gasteiger partial charge >= 0.3 is 12.0 Å². The number of hydrogen-bond acceptors (Lipinski definition) is 4. The van der Waals surface area contributed by atoms with Crippen LogP contribution in [0.5, 0.6) is 0 Å². The zero-order valence-corrected chi connectivity index (χ0v) is 12.1. The van der Waals surface area contributed by atoms with E-state index in [9.17, 15) is 14.7 Å². The highest BCUT2D eigenvalue weighted by atomic mass is 16.5. The Hall–Kier alpha value is -2.05. The fourth-order valence-electron chi connectivity index (χ4n) is 2.74. The molecule has 1 aromatic heterocycles. The molecule has 1 heterocycles. The number of nitrogens with zero attached hydrogens (tertiary/aromatic N) is 1. The Morgan fingerprint density at radius 1 is 1.38 bits per heavy atom. The van der Waals surface area contributed by atoms with Gasteiger partial charge in [-0.05, 0) is 25.7 Å². The smallest absolute Gasteiger partial charge is 0.315 e. The minimum Gasteiger partial charge on any atom is -0.481 e. The fraction of sp³-hybridized carbons (Fsp3) is 0.643. The molecule has 1 aromatic rings. The van der Waals surface area contributed by atoms with Crippen molar-refractivity contribution in [2.75, 3.05) is 6.54 Å². The molecule has 0 saturated heterocycles. The number of carboxylic acid groups (broad SMARTS) is 1. The first-order valence-corrected chi connectivity index (χ1v) is 7.23. The lowest BCUT2D eigenvalue weighted by atomic mass is 9.79. The average Bonchev–Trinajstić information content (AvgIpc) is 2.88. The number of carbonyl (C=O) groups excluding carboxylic acids is 1. The zero-order chi connectivity index (χ0) is 15.2. The number of rotatable bonds is 5. The molecule has 0 bridgehead atoms. The van der Waals surface area contributed by atoms with Crippen molar-refractivity contribution in [2.45, 2.75) is 39.2 Å². The largest absolute Gasteiger partial charge is 0.481 e. The second-order valence-electron chi connectivity index (χ2n) is 5.48. The summed E-state index contributed by atoms with van der Waals surface area (Å²) in [7, 11) is 0. The third-order valence-corrected chi connectivity index (χ3v) is 3.86. The molecule has 7 heteroatoms. The summed E-state index contributed by atoms with van der Waals surface area (Å²) < 4.78 is 4.91. The van der Waals surface area contributed by atoms with Crippen molar-refractivity contribution in [3.05, 3.63) is 17.5 Å². The van der Waals surface area contributed by atoms with E-state index in [2.05, 4.69) is 15.8 Å². The van der Waals surface area contributed by atoms with Crippen LogP contribution < -0.4 is 10.6 Å². The molecule has 2 rings (SSSR count). The van der Waals surface area contributed by atoms with Crippen molar-refractivity contribution < 1.29 is 19.2 Å². The number of aryl methyl sites for hydroxylation is 1. The number of carboxylic acids is 1. The lowest BCUT2D eigenvalue weighted by molar-refractivity contribution is -0.144. The molecule has 2 atom stereocenters. The van der Waals surface area contributed by atoms with E-state index in [1.165, 1.54) is 0 Å². The molecule has 0 aromatic carbocycles. The molecule has 1 fully saturated rings. The van der Waals surface area contributed by atoms with Gasteiger partial charge in [0.2, 0.25) is 0 Å². The Balaban J connectivity index is 1.73. The summed E-state index contributed by atoms with van der Waals surface area (Å²) in [6.07, 6.45) is 3.52. The number of aliphatic carboxylic acids is 1. The van der Waals surface area contributed by atoms with E-state index in [1.54, 1.807) is 13.0 Å². The highest BCUT2D eigenvalue weighted by Gasteiger charge is 2.30. The summed E-state index contributed by atoms with van der Waals surface area (Å²) in [5.74, 6) is -0.410. The number of carbonyl (C=O) groups is 2. The molecular weight excluding hydrogens is 274 g/mol. The maximum absolute atomic E-state index is 11.7. The van der Waals surface area contributed by atoms with Crippen molar-refractivity contribution in [3.63, 3.8) is 0 Å². The third kappa shape index (κ3) is 4.47. The van der Waals surface area contributed by atoms with Crippen LogP contribution in [0.1, 0.15) is 37.1 Å². The summed E-state index contributed by atoms with van der Waals surface area (Å²) in [4.78, 5) is 22.9. The molecular formula is C14H21N3O4. The Labute approximate surface area is 123 Å². The first kappa shape index (κ1) is 15.3. The van der Waals surface area contributed by atoms with E-state index in [4.69, 9.17) is 4.52 Å². The van der Waals surface area contributed by atoms with Gasteiger partial charge in [-0.15, -0.1) is 0 Å². The molecule has 3 N–H and O–H groups in total. The second-order valence-corrected chi connectivity index (χ2v) is 5.48. The number of aromatic nitrogens is 1. The maximum Gasteiger partial charge on any atom is 0.315 e. The van der Waals surface area contributed by atoms with Crippen LogP contribution in [0.4, 0.5) is 4.79 Å². The summed E-state index contributed by atoms with van der Waals surface area (Å²) >= 11 is 0. The Kier molecular flexibility index (Phi) is 5.19. The van der Waals surface area contributed by atoms with Gasteiger partial charge in [-0.3, -0.25) is 4.79 Å². The summed E-state index contributed by atoms with van der Waals surface area (Å²) in [6, 6.07) is 1.44. The lowest BCUT2D eigenvalue weighted by Crippen LogP contribution is -2.41. The molecule has 2 amide bonds. The molecule has 7 nitrogen and oxygen atoms in total. The SMILES string of the molecule is Cc1cc(CNC(=O)NCC2CCCCC2C(=O)O)no1. The fourth-order valence-corrected chi connectivity index (χ4v) is 2.74. The van der Waals surface area contributed by atoms with Crippen LogP contribution in [0.25, 0.3) is 0 Å². The highest BCUT2D eigenvalue weighted by Crippen LogP contribution is 2.29. The van der Waals surface area contributed by atoms with Crippen molar-refractivity contribution >= 4 is 12.0 Å². The minimum atomic E-state index is -0.764. The maximum atomic E-state index is 11.7. The minimum absolute atomic E-state index is 0.0105. The second kappa shape index (κ2) is 7.10. The van der Waals surface area contributed by atoms with Crippen molar-refractivity contribution in [1.82, 2.24) is 15.8 Å². The van der Waals surface area contributed by atoms with Crippen LogP contribution in [0, 0.1) is 18.8 Å². The predicted octanol–water partition coefficient (Wildman–Crippen LogP) is 1.67. The highest BCUT2D eigenvalue weighted by molar-refractivity contribution is 5.74. The standard InChI is InChI=1S/C14H21N3O4/c1-9-6-11(17-21-9)8-16-14(20)15-7-10-4-2-3-5-12(10)13(18)19/h6,10,12H,2-5,7-8H2,1H3,(H,18,19)(H2,15,16,20). The lowest BCUT2D eigenvalue weighted by Gasteiger charge is -2.28. The van der Waals surface area contributed by atoms with Gasteiger partial charge in [0.05, 0.1) is 12.5 Å². The Bertz CT molecular complexity index is 500. The quantitative estimate of drug-likeness (QED) is 0.766. The molecule has 2 unspecified atom stereocenters. The van der Waals surface area contributed by atoms with Crippen LogP contribution in [-0.2, 0) is 11.3 Å². The van der Waals surface area contributed by atoms with Gasteiger partial charge in [-0.1, -0.05) is 18.0 Å². The third-order valence-electron chi connectivity index (χ3n) is 3.86. The van der Waals surface area contributed by atoms with E-state index < -0.39 is 5.97 Å². The van der Waals surface area contributed by atoms with Gasteiger partial charge in [0, 0.05) is 12.6 Å². The molecule has 0 aliphatic heterocycles. The summed E-state index contributed by atoms with van der Waals surface area (Å²) in [5, 5.41) is 18.4. The van der Waals surface area contributed by atoms with Crippen molar-refractivity contribution in [1.29, 1.82) is 0 Å². The molecule has 1 aliphatic carbocycles. The van der Waals surface area contributed by atoms with Gasteiger partial charge in [0.15, 0.2) is 0 Å². The molecule has 1 saturated carbocycles. The molecule has 21 heavy (non-hydrogen) atoms. The first-order chi connectivity index (χ1) is 10.1. The molecule has 0 spiro atoms. The molecule has 116 valence electrons. The van der Waals surface area contributed by atoms with Crippen LogP contribution in [-0.4, -0.2) is 28.8 Å². The van der Waals surface area contributed by atoms with Gasteiger partial charge in [-0.25, -0.2) is 4.79 Å². The number of hydrogen-bond donors (Lipinski definition) is 3. The van der Waals surface area contributed by atoms with Crippen molar-refractivity contribution in [3.8, 4) is 0 Å². The van der Waals surface area contributed by atoms with Crippen molar-refractivity contribution in [2.24, 2.45) is 11.8 Å². The van der Waals surface area contributed by atoms with E-state index in [-0.39, 0.29) is 24.4 Å². The van der Waals surface area contributed by atoms with Gasteiger partial charge in [-0.2, -0.15) is 0 Å². The first-order valence-electron chi connectivity index (χ1n) is 7.23.